The molecule has 2 aromatic rings. The van der Waals surface area contributed by atoms with Gasteiger partial charge in [-0.05, 0) is 25.1 Å². The van der Waals surface area contributed by atoms with Crippen LogP contribution in [0.3, 0.4) is 0 Å². The number of thiazole rings is 1. The van der Waals surface area contributed by atoms with Crippen molar-refractivity contribution < 1.29 is 19.1 Å². The molecule has 1 aromatic carbocycles. The standard InChI is InChI=1S/C24H27N5O5S/c1-3-10-34-24(32)19(14-25)23-29(4-2)22(31)20(35-23)15-26-17-6-5-7-18(13-17)27-21(30)16-28-8-11-33-12-9-28/h3,5-7,13,15,26H,1,4,8-12,16H2,2H3,(H,27,30)/b20-15+,23-19-. The number of benzene rings is 1. The van der Waals surface area contributed by atoms with Gasteiger partial charge >= 0.3 is 5.97 Å². The highest BCUT2D eigenvalue weighted by molar-refractivity contribution is 7.07. The summed E-state index contributed by atoms with van der Waals surface area (Å²) in [4.78, 5) is 39.5. The van der Waals surface area contributed by atoms with Gasteiger partial charge in [0.1, 0.15) is 21.9 Å². The molecule has 35 heavy (non-hydrogen) atoms. The number of hydrogen-bond donors (Lipinski definition) is 2. The predicted octanol–water partition coefficient (Wildman–Crippen LogP) is 0.454. The second-order valence-corrected chi connectivity index (χ2v) is 8.53. The summed E-state index contributed by atoms with van der Waals surface area (Å²) in [6.45, 7) is 8.45. The van der Waals surface area contributed by atoms with E-state index in [2.05, 4.69) is 17.2 Å². The molecular weight excluding hydrogens is 470 g/mol. The molecule has 2 heterocycles. The monoisotopic (exact) mass is 497 g/mol. The van der Waals surface area contributed by atoms with Gasteiger partial charge in [0.05, 0.1) is 19.8 Å². The van der Waals surface area contributed by atoms with E-state index in [1.54, 1.807) is 31.2 Å². The van der Waals surface area contributed by atoms with Crippen LogP contribution in [0.1, 0.15) is 6.92 Å². The summed E-state index contributed by atoms with van der Waals surface area (Å²) in [7, 11) is 0. The number of amides is 1. The molecule has 11 heteroatoms. The minimum atomic E-state index is -0.809. The quantitative estimate of drug-likeness (QED) is 0.378. The molecule has 1 saturated heterocycles. The molecule has 0 bridgehead atoms. The first-order valence-electron chi connectivity index (χ1n) is 11.1. The Balaban J connectivity index is 1.80. The van der Waals surface area contributed by atoms with Crippen LogP contribution in [-0.4, -0.2) is 60.8 Å². The fourth-order valence-corrected chi connectivity index (χ4v) is 4.46. The Hall–Kier alpha value is -3.72. The van der Waals surface area contributed by atoms with Crippen molar-refractivity contribution in [3.8, 4) is 6.07 Å². The van der Waals surface area contributed by atoms with Crippen LogP contribution in [-0.2, 0) is 25.6 Å². The van der Waals surface area contributed by atoms with E-state index in [0.29, 0.717) is 29.1 Å². The summed E-state index contributed by atoms with van der Waals surface area (Å²) in [5.74, 6) is -0.930. The number of anilines is 2. The number of carbonyl (C=O) groups excluding carboxylic acids is 2. The molecule has 1 fully saturated rings. The molecule has 2 N–H and O–H groups in total. The fraction of sp³-hybridized carbons (Fsp3) is 0.333. The number of hydrogen-bond acceptors (Lipinski definition) is 9. The molecule has 0 radical (unpaired) electrons. The third-order valence-electron chi connectivity index (χ3n) is 5.07. The first-order chi connectivity index (χ1) is 17.0. The number of esters is 1. The molecule has 1 amide bonds. The van der Waals surface area contributed by atoms with Gasteiger partial charge in [0.15, 0.2) is 5.57 Å². The Morgan fingerprint density at radius 3 is 2.74 bits per heavy atom. The number of morpholine rings is 1. The van der Waals surface area contributed by atoms with Gasteiger partial charge < -0.3 is 20.1 Å². The first-order valence-corrected chi connectivity index (χ1v) is 11.9. The number of nitriles is 1. The zero-order valence-electron chi connectivity index (χ0n) is 19.4. The maximum Gasteiger partial charge on any atom is 0.352 e. The number of carbonyl (C=O) groups is 2. The van der Waals surface area contributed by atoms with Gasteiger partial charge in [-0.25, -0.2) is 4.79 Å². The van der Waals surface area contributed by atoms with Crippen LogP contribution in [0.15, 0.2) is 41.7 Å². The summed E-state index contributed by atoms with van der Waals surface area (Å²) in [5.41, 5.74) is 0.700. The van der Waals surface area contributed by atoms with Gasteiger partial charge in [0.2, 0.25) is 5.91 Å². The number of rotatable bonds is 9. The number of aromatic nitrogens is 1. The van der Waals surface area contributed by atoms with Crippen molar-refractivity contribution in [3.05, 3.63) is 56.5 Å². The highest BCUT2D eigenvalue weighted by Crippen LogP contribution is 2.15. The van der Waals surface area contributed by atoms with Crippen molar-refractivity contribution in [2.45, 2.75) is 13.5 Å². The van der Waals surface area contributed by atoms with Crippen LogP contribution < -0.4 is 25.4 Å². The second-order valence-electron chi connectivity index (χ2n) is 7.50. The average Bonchev–Trinajstić information content (AvgIpc) is 3.17. The van der Waals surface area contributed by atoms with E-state index in [9.17, 15) is 19.6 Å². The topological polar surface area (TPSA) is 126 Å². The molecule has 184 valence electrons. The van der Waals surface area contributed by atoms with Crippen molar-refractivity contribution in [3.63, 3.8) is 0 Å². The zero-order valence-corrected chi connectivity index (χ0v) is 20.2. The van der Waals surface area contributed by atoms with E-state index >= 15 is 0 Å². The maximum atomic E-state index is 12.8. The number of nitrogens with zero attached hydrogens (tertiary/aromatic N) is 3. The van der Waals surface area contributed by atoms with Crippen molar-refractivity contribution in [1.29, 1.82) is 5.26 Å². The molecule has 0 unspecified atom stereocenters. The van der Waals surface area contributed by atoms with Crippen molar-refractivity contribution in [1.82, 2.24) is 9.47 Å². The van der Waals surface area contributed by atoms with E-state index in [4.69, 9.17) is 9.47 Å². The maximum absolute atomic E-state index is 12.8. The van der Waals surface area contributed by atoms with Gasteiger partial charge in [-0.15, -0.1) is 11.3 Å². The Morgan fingerprint density at radius 1 is 1.31 bits per heavy atom. The smallest absolute Gasteiger partial charge is 0.352 e. The van der Waals surface area contributed by atoms with E-state index in [1.165, 1.54) is 16.8 Å². The van der Waals surface area contributed by atoms with Crippen LogP contribution in [0, 0.1) is 11.3 Å². The van der Waals surface area contributed by atoms with Crippen molar-refractivity contribution >= 4 is 46.4 Å². The molecule has 0 atom stereocenters. The third-order valence-corrected chi connectivity index (χ3v) is 6.20. The Morgan fingerprint density at radius 2 is 2.06 bits per heavy atom. The van der Waals surface area contributed by atoms with Gasteiger partial charge in [-0.2, -0.15) is 5.26 Å². The van der Waals surface area contributed by atoms with Crippen LogP contribution in [0.25, 0.3) is 11.8 Å². The van der Waals surface area contributed by atoms with Crippen molar-refractivity contribution in [2.24, 2.45) is 0 Å². The highest BCUT2D eigenvalue weighted by Gasteiger charge is 2.17. The second kappa shape index (κ2) is 12.7. The Labute approximate surface area is 206 Å². The summed E-state index contributed by atoms with van der Waals surface area (Å²) >= 11 is 1.02. The third kappa shape index (κ3) is 6.89. The largest absolute Gasteiger partial charge is 0.457 e. The summed E-state index contributed by atoms with van der Waals surface area (Å²) in [6.07, 6.45) is 2.91. The zero-order chi connectivity index (χ0) is 25.2. The predicted molar refractivity (Wildman–Crippen MR) is 134 cm³/mol. The van der Waals surface area contributed by atoms with Gasteiger partial charge in [-0.1, -0.05) is 18.7 Å². The minimum absolute atomic E-state index is 0.0361. The van der Waals surface area contributed by atoms with E-state index < -0.39 is 5.97 Å². The van der Waals surface area contributed by atoms with Crippen molar-refractivity contribution in [2.75, 3.05) is 50.1 Å². The SMILES string of the molecule is C=CCOC(=O)/C(C#N)=c1\s/c(=C/Nc2cccc(NC(=O)CN3CCOCC3)c2)c(=O)n1CC. The van der Waals surface area contributed by atoms with Gasteiger partial charge in [-0.3, -0.25) is 19.1 Å². The molecule has 0 saturated carbocycles. The fourth-order valence-electron chi connectivity index (χ4n) is 3.38. The lowest BCUT2D eigenvalue weighted by atomic mass is 10.2. The molecule has 0 aliphatic carbocycles. The van der Waals surface area contributed by atoms with Crippen LogP contribution >= 0.6 is 11.3 Å². The molecule has 1 aromatic heterocycles. The Bertz CT molecular complexity index is 1300. The minimum Gasteiger partial charge on any atom is -0.457 e. The molecule has 1 aliphatic rings. The lowest BCUT2D eigenvalue weighted by molar-refractivity contribution is -0.135. The van der Waals surface area contributed by atoms with Gasteiger partial charge in [0.25, 0.3) is 5.56 Å². The lowest BCUT2D eigenvalue weighted by Crippen LogP contribution is -2.41. The molecule has 1 aliphatic heterocycles. The normalized spacial score (nSPS) is 15.1. The Kier molecular flexibility index (Phi) is 9.37. The first kappa shape index (κ1) is 25.9. The van der Waals surface area contributed by atoms with Crippen LogP contribution in [0.4, 0.5) is 11.4 Å². The van der Waals surface area contributed by atoms with Gasteiger partial charge in [0, 0.05) is 37.2 Å². The molecule has 0 spiro atoms. The van der Waals surface area contributed by atoms with Crippen LogP contribution in [0.2, 0.25) is 0 Å². The number of ether oxygens (including phenoxy) is 2. The lowest BCUT2D eigenvalue weighted by Gasteiger charge is -2.25. The highest BCUT2D eigenvalue weighted by atomic mass is 32.1. The molecule has 3 rings (SSSR count). The molecule has 10 nitrogen and oxygen atoms in total. The van der Waals surface area contributed by atoms with E-state index in [1.807, 2.05) is 11.0 Å². The number of nitrogens with one attached hydrogen (secondary N) is 2. The molecular formula is C24H27N5O5S. The van der Waals surface area contributed by atoms with Crippen LogP contribution in [0.5, 0.6) is 0 Å². The van der Waals surface area contributed by atoms with E-state index in [0.717, 1.165) is 24.4 Å². The average molecular weight is 498 g/mol. The summed E-state index contributed by atoms with van der Waals surface area (Å²) in [6, 6.07) is 8.94. The van der Waals surface area contributed by atoms with E-state index in [-0.39, 0.29) is 41.4 Å². The summed E-state index contributed by atoms with van der Waals surface area (Å²) < 4.78 is 12.2. The summed E-state index contributed by atoms with van der Waals surface area (Å²) in [5, 5.41) is 15.4.